The molecule has 1 aromatic heterocycles. The van der Waals surface area contributed by atoms with Gasteiger partial charge in [0.15, 0.2) is 5.43 Å². The number of carbonyl (C=O) groups excluding carboxylic acids is 1. The molecule has 0 atom stereocenters. The van der Waals surface area contributed by atoms with Crippen molar-refractivity contribution in [1.29, 1.82) is 0 Å². The molecule has 0 saturated carbocycles. The van der Waals surface area contributed by atoms with Crippen LogP contribution in [0.5, 0.6) is 5.75 Å². The van der Waals surface area contributed by atoms with E-state index < -0.39 is 5.97 Å². The van der Waals surface area contributed by atoms with Crippen LogP contribution in [0.4, 0.5) is 0 Å². The van der Waals surface area contributed by atoms with Gasteiger partial charge in [-0.15, -0.1) is 11.3 Å². The van der Waals surface area contributed by atoms with Crippen molar-refractivity contribution in [3.63, 3.8) is 0 Å². The number of fused-ring (bicyclic) bond motifs is 2. The largest absolute Gasteiger partial charge is 0.493 e. The van der Waals surface area contributed by atoms with Crippen molar-refractivity contribution in [1.82, 2.24) is 0 Å². The van der Waals surface area contributed by atoms with Gasteiger partial charge in [0.05, 0.1) is 18.6 Å². The smallest absolute Gasteiger partial charge is 0.333 e. The van der Waals surface area contributed by atoms with Crippen molar-refractivity contribution in [2.24, 2.45) is 0 Å². The Hall–Kier alpha value is -2.66. The molecule has 25 heavy (non-hydrogen) atoms. The second kappa shape index (κ2) is 7.49. The van der Waals surface area contributed by atoms with Crippen LogP contribution in [0.25, 0.3) is 20.2 Å². The minimum Gasteiger partial charge on any atom is -0.493 e. The third-order valence-electron chi connectivity index (χ3n) is 3.69. The number of hydrogen-bond donors (Lipinski definition) is 0. The Morgan fingerprint density at radius 2 is 1.84 bits per heavy atom. The number of rotatable bonds is 6. The zero-order chi connectivity index (χ0) is 17.8. The molecule has 0 aliphatic carbocycles. The van der Waals surface area contributed by atoms with Crippen LogP contribution in [-0.4, -0.2) is 19.2 Å². The van der Waals surface area contributed by atoms with E-state index in [1.807, 2.05) is 36.4 Å². The summed E-state index contributed by atoms with van der Waals surface area (Å²) >= 11 is 1.57. The van der Waals surface area contributed by atoms with E-state index in [4.69, 9.17) is 9.47 Å². The van der Waals surface area contributed by atoms with Crippen LogP contribution in [-0.2, 0) is 9.53 Å². The number of ether oxygens (including phenoxy) is 2. The molecule has 2 aromatic carbocycles. The number of carbonyl (C=O) groups is 1. The van der Waals surface area contributed by atoms with Crippen molar-refractivity contribution in [3.05, 3.63) is 64.8 Å². The van der Waals surface area contributed by atoms with Crippen LogP contribution < -0.4 is 10.2 Å². The molecule has 128 valence electrons. The molecular formula is C20H18O4S. The minimum atomic E-state index is -0.403. The lowest BCUT2D eigenvalue weighted by Crippen LogP contribution is -2.10. The van der Waals surface area contributed by atoms with E-state index in [1.165, 1.54) is 0 Å². The lowest BCUT2D eigenvalue weighted by Gasteiger charge is -2.10. The van der Waals surface area contributed by atoms with Crippen molar-refractivity contribution in [2.45, 2.75) is 13.3 Å². The predicted octanol–water partition coefficient (Wildman–Crippen LogP) is 4.30. The standard InChI is InChI=1S/C20H18O4S/c1-13(2)20(22)24-12-6-11-23-15-8-5-10-17-18(15)19(21)14-7-3-4-9-16(14)25-17/h3-5,7-10H,1,6,11-12H2,2H3. The van der Waals surface area contributed by atoms with Crippen LogP contribution >= 0.6 is 11.3 Å². The van der Waals surface area contributed by atoms with Gasteiger partial charge in [-0.3, -0.25) is 4.79 Å². The summed E-state index contributed by atoms with van der Waals surface area (Å²) in [7, 11) is 0. The Balaban J connectivity index is 1.78. The van der Waals surface area contributed by atoms with E-state index in [1.54, 1.807) is 24.3 Å². The maximum Gasteiger partial charge on any atom is 0.333 e. The van der Waals surface area contributed by atoms with E-state index in [0.717, 1.165) is 9.40 Å². The fourth-order valence-electron chi connectivity index (χ4n) is 2.47. The topological polar surface area (TPSA) is 52.6 Å². The molecule has 3 rings (SSSR count). The Morgan fingerprint density at radius 3 is 2.64 bits per heavy atom. The summed E-state index contributed by atoms with van der Waals surface area (Å²) in [4.78, 5) is 24.1. The van der Waals surface area contributed by atoms with Crippen molar-refractivity contribution >= 4 is 37.5 Å². The molecule has 0 N–H and O–H groups in total. The summed E-state index contributed by atoms with van der Waals surface area (Å²) < 4.78 is 12.7. The van der Waals surface area contributed by atoms with Crippen molar-refractivity contribution < 1.29 is 14.3 Å². The van der Waals surface area contributed by atoms with Crippen LogP contribution in [0.1, 0.15) is 13.3 Å². The first kappa shape index (κ1) is 17.2. The molecule has 0 spiro atoms. The van der Waals surface area contributed by atoms with Gasteiger partial charge in [-0.2, -0.15) is 0 Å². The molecule has 1 heterocycles. The van der Waals surface area contributed by atoms with Gasteiger partial charge in [0.1, 0.15) is 5.75 Å². The molecule has 3 aromatic rings. The molecule has 0 bridgehead atoms. The highest BCUT2D eigenvalue weighted by molar-refractivity contribution is 7.24. The zero-order valence-electron chi connectivity index (χ0n) is 13.9. The van der Waals surface area contributed by atoms with Crippen molar-refractivity contribution in [3.8, 4) is 5.75 Å². The monoisotopic (exact) mass is 354 g/mol. The minimum absolute atomic E-state index is 0.0198. The summed E-state index contributed by atoms with van der Waals surface area (Å²) in [6.07, 6.45) is 0.542. The number of hydrogen-bond acceptors (Lipinski definition) is 5. The van der Waals surface area contributed by atoms with Gasteiger partial charge >= 0.3 is 5.97 Å². The first-order valence-electron chi connectivity index (χ1n) is 7.98. The highest BCUT2D eigenvalue weighted by Gasteiger charge is 2.11. The van der Waals surface area contributed by atoms with Crippen LogP contribution in [0.2, 0.25) is 0 Å². The van der Waals surface area contributed by atoms with Crippen molar-refractivity contribution in [2.75, 3.05) is 13.2 Å². The van der Waals surface area contributed by atoms with Crippen LogP contribution in [0, 0.1) is 0 Å². The predicted molar refractivity (Wildman–Crippen MR) is 101 cm³/mol. The molecule has 4 nitrogen and oxygen atoms in total. The Kier molecular flexibility index (Phi) is 5.14. The molecule has 0 aliphatic rings. The fraction of sp³-hybridized carbons (Fsp3) is 0.200. The van der Waals surface area contributed by atoms with E-state index in [2.05, 4.69) is 6.58 Å². The molecule has 0 radical (unpaired) electrons. The van der Waals surface area contributed by atoms with Gasteiger partial charge in [0, 0.05) is 26.8 Å². The molecule has 5 heteroatoms. The fourth-order valence-corrected chi connectivity index (χ4v) is 3.56. The van der Waals surface area contributed by atoms with E-state index in [-0.39, 0.29) is 12.0 Å². The Morgan fingerprint density at radius 1 is 1.08 bits per heavy atom. The van der Waals surface area contributed by atoms with Crippen LogP contribution in [0.3, 0.4) is 0 Å². The molecular weight excluding hydrogens is 336 g/mol. The van der Waals surface area contributed by atoms with Gasteiger partial charge in [-0.05, 0) is 31.2 Å². The summed E-state index contributed by atoms with van der Waals surface area (Å²) in [5, 5.41) is 1.30. The number of esters is 1. The Labute approximate surface area is 149 Å². The highest BCUT2D eigenvalue weighted by Crippen LogP contribution is 2.30. The Bertz CT molecular complexity index is 1000. The molecule has 0 unspecified atom stereocenters. The van der Waals surface area contributed by atoms with E-state index in [9.17, 15) is 9.59 Å². The highest BCUT2D eigenvalue weighted by atomic mass is 32.1. The molecule has 0 saturated heterocycles. The molecule has 0 aliphatic heterocycles. The lowest BCUT2D eigenvalue weighted by molar-refractivity contribution is -0.139. The quantitative estimate of drug-likeness (QED) is 0.287. The maximum absolute atomic E-state index is 12.8. The first-order chi connectivity index (χ1) is 12.1. The van der Waals surface area contributed by atoms with Gasteiger partial charge in [-0.1, -0.05) is 24.8 Å². The summed E-state index contributed by atoms with van der Waals surface area (Å²) in [5.41, 5.74) is 0.355. The van der Waals surface area contributed by atoms with Gasteiger partial charge in [-0.25, -0.2) is 4.79 Å². The SMILES string of the molecule is C=C(C)C(=O)OCCCOc1cccc2sc3ccccc3c(=O)c12. The summed E-state index contributed by atoms with van der Waals surface area (Å²) in [6.45, 7) is 5.76. The second-order valence-corrected chi connectivity index (χ2v) is 6.76. The van der Waals surface area contributed by atoms with Gasteiger partial charge in [0.2, 0.25) is 0 Å². The average Bonchev–Trinajstić information content (AvgIpc) is 2.61. The third-order valence-corrected chi connectivity index (χ3v) is 4.83. The van der Waals surface area contributed by atoms with Crippen LogP contribution in [0.15, 0.2) is 59.4 Å². The zero-order valence-corrected chi connectivity index (χ0v) is 14.7. The van der Waals surface area contributed by atoms with E-state index >= 15 is 0 Å². The number of benzene rings is 2. The van der Waals surface area contributed by atoms with Gasteiger partial charge in [0.25, 0.3) is 0 Å². The normalized spacial score (nSPS) is 10.8. The summed E-state index contributed by atoms with van der Waals surface area (Å²) in [6, 6.07) is 13.2. The second-order valence-electron chi connectivity index (χ2n) is 5.67. The average molecular weight is 354 g/mol. The molecule has 0 fully saturated rings. The van der Waals surface area contributed by atoms with Gasteiger partial charge < -0.3 is 9.47 Å². The maximum atomic E-state index is 12.8. The third kappa shape index (κ3) is 3.72. The van der Waals surface area contributed by atoms with E-state index in [0.29, 0.717) is 35.1 Å². The molecule has 0 amide bonds. The first-order valence-corrected chi connectivity index (χ1v) is 8.79. The lowest BCUT2D eigenvalue weighted by atomic mass is 10.1. The summed E-state index contributed by atoms with van der Waals surface area (Å²) in [5.74, 6) is 0.163.